The lowest BCUT2D eigenvalue weighted by atomic mass is 9.90. The van der Waals surface area contributed by atoms with Crippen LogP contribution in [-0.2, 0) is 0 Å². The summed E-state index contributed by atoms with van der Waals surface area (Å²) < 4.78 is 0. The monoisotopic (exact) mass is 206 g/mol. The summed E-state index contributed by atoms with van der Waals surface area (Å²) in [5, 5.41) is 0.735. The molecule has 14 heavy (non-hydrogen) atoms. The molecule has 2 unspecified atom stereocenters. The smallest absolute Gasteiger partial charge is 0.0303 e. The lowest BCUT2D eigenvalue weighted by Crippen LogP contribution is -2.01. The summed E-state index contributed by atoms with van der Waals surface area (Å²) in [6, 6.07) is 8.97. The van der Waals surface area contributed by atoms with Gasteiger partial charge in [-0.3, -0.25) is 0 Å². The van der Waals surface area contributed by atoms with E-state index in [-0.39, 0.29) is 0 Å². The quantitative estimate of drug-likeness (QED) is 0.697. The van der Waals surface area contributed by atoms with Crippen LogP contribution in [0.4, 0.5) is 0 Å². The molecule has 2 atom stereocenters. The van der Waals surface area contributed by atoms with Crippen molar-refractivity contribution in [2.24, 2.45) is 5.92 Å². The SMILES string of the molecule is CSC1CC(C(C)C)c2ccccc21. The van der Waals surface area contributed by atoms with Crippen LogP contribution >= 0.6 is 11.8 Å². The second-order valence-electron chi connectivity index (χ2n) is 4.44. The minimum atomic E-state index is 0.735. The number of hydrogen-bond donors (Lipinski definition) is 0. The molecule has 0 amide bonds. The third kappa shape index (κ3) is 1.58. The molecular formula is C13H18S. The van der Waals surface area contributed by atoms with Crippen molar-refractivity contribution in [2.45, 2.75) is 31.4 Å². The molecule has 0 nitrogen and oxygen atoms in total. The molecule has 1 aliphatic carbocycles. The molecule has 1 heteroatoms. The Bertz CT molecular complexity index is 317. The van der Waals surface area contributed by atoms with Crippen LogP contribution in [0.15, 0.2) is 24.3 Å². The van der Waals surface area contributed by atoms with Crippen molar-refractivity contribution < 1.29 is 0 Å². The predicted octanol–water partition coefficient (Wildman–Crippen LogP) is 4.23. The summed E-state index contributed by atoms with van der Waals surface area (Å²) in [5.41, 5.74) is 3.18. The zero-order valence-corrected chi connectivity index (χ0v) is 9.97. The molecule has 0 aliphatic heterocycles. The van der Waals surface area contributed by atoms with Crippen LogP contribution in [0.5, 0.6) is 0 Å². The molecule has 0 bridgehead atoms. The van der Waals surface area contributed by atoms with Gasteiger partial charge in [0.2, 0.25) is 0 Å². The van der Waals surface area contributed by atoms with Crippen molar-refractivity contribution in [1.29, 1.82) is 0 Å². The lowest BCUT2D eigenvalue weighted by Gasteiger charge is -2.15. The molecule has 1 aromatic carbocycles. The fourth-order valence-electron chi connectivity index (χ4n) is 2.48. The highest BCUT2D eigenvalue weighted by Crippen LogP contribution is 2.49. The van der Waals surface area contributed by atoms with Gasteiger partial charge in [0.05, 0.1) is 0 Å². The van der Waals surface area contributed by atoms with E-state index < -0.39 is 0 Å². The second-order valence-corrected chi connectivity index (χ2v) is 5.48. The van der Waals surface area contributed by atoms with Crippen molar-refractivity contribution in [3.8, 4) is 0 Å². The van der Waals surface area contributed by atoms with Crippen LogP contribution in [0.1, 0.15) is 42.6 Å². The van der Waals surface area contributed by atoms with Gasteiger partial charge in [-0.2, -0.15) is 11.8 Å². The van der Waals surface area contributed by atoms with E-state index >= 15 is 0 Å². The van der Waals surface area contributed by atoms with Crippen LogP contribution in [0.3, 0.4) is 0 Å². The first-order chi connectivity index (χ1) is 6.74. The molecule has 1 aliphatic rings. The van der Waals surface area contributed by atoms with E-state index in [1.807, 2.05) is 11.8 Å². The number of fused-ring (bicyclic) bond motifs is 1. The summed E-state index contributed by atoms with van der Waals surface area (Å²) >= 11 is 2.00. The summed E-state index contributed by atoms with van der Waals surface area (Å²) in [5.74, 6) is 1.55. The molecule has 0 N–H and O–H groups in total. The van der Waals surface area contributed by atoms with Gasteiger partial charge in [-0.25, -0.2) is 0 Å². The van der Waals surface area contributed by atoms with E-state index in [4.69, 9.17) is 0 Å². The van der Waals surface area contributed by atoms with Gasteiger partial charge in [0.15, 0.2) is 0 Å². The van der Waals surface area contributed by atoms with Gasteiger partial charge in [0, 0.05) is 5.25 Å². The third-order valence-electron chi connectivity index (χ3n) is 3.30. The summed E-state index contributed by atoms with van der Waals surface area (Å²) in [7, 11) is 0. The van der Waals surface area contributed by atoms with Crippen molar-refractivity contribution in [3.05, 3.63) is 35.4 Å². The summed E-state index contributed by atoms with van der Waals surface area (Å²) in [6.07, 6.45) is 3.56. The normalized spacial score (nSPS) is 25.4. The van der Waals surface area contributed by atoms with Gasteiger partial charge in [-0.1, -0.05) is 38.1 Å². The van der Waals surface area contributed by atoms with E-state index in [0.717, 1.165) is 17.1 Å². The largest absolute Gasteiger partial charge is 0.157 e. The van der Waals surface area contributed by atoms with Crippen molar-refractivity contribution in [1.82, 2.24) is 0 Å². The molecule has 0 fully saturated rings. The van der Waals surface area contributed by atoms with Gasteiger partial charge >= 0.3 is 0 Å². The minimum Gasteiger partial charge on any atom is -0.157 e. The number of thioether (sulfide) groups is 1. The van der Waals surface area contributed by atoms with Crippen LogP contribution in [0, 0.1) is 5.92 Å². The van der Waals surface area contributed by atoms with Gasteiger partial charge in [0.1, 0.15) is 0 Å². The Kier molecular flexibility index (Phi) is 2.87. The van der Waals surface area contributed by atoms with E-state index in [1.165, 1.54) is 6.42 Å². The van der Waals surface area contributed by atoms with Gasteiger partial charge < -0.3 is 0 Å². The van der Waals surface area contributed by atoms with Crippen LogP contribution < -0.4 is 0 Å². The maximum atomic E-state index is 2.34. The molecule has 0 radical (unpaired) electrons. The van der Waals surface area contributed by atoms with E-state index in [0.29, 0.717) is 0 Å². The zero-order chi connectivity index (χ0) is 10.1. The Morgan fingerprint density at radius 2 is 1.86 bits per heavy atom. The van der Waals surface area contributed by atoms with Gasteiger partial charge in [0.25, 0.3) is 0 Å². The standard InChI is InChI=1S/C13H18S/c1-9(2)12-8-13(14-3)11-7-5-4-6-10(11)12/h4-7,9,12-13H,8H2,1-3H3. The van der Waals surface area contributed by atoms with E-state index in [2.05, 4.69) is 44.4 Å². The Labute approximate surface area is 91.1 Å². The van der Waals surface area contributed by atoms with Crippen molar-refractivity contribution in [2.75, 3.05) is 6.26 Å². The van der Waals surface area contributed by atoms with E-state index in [9.17, 15) is 0 Å². The molecule has 2 rings (SSSR count). The highest BCUT2D eigenvalue weighted by atomic mass is 32.2. The maximum absolute atomic E-state index is 2.34. The lowest BCUT2D eigenvalue weighted by molar-refractivity contribution is 0.494. The van der Waals surface area contributed by atoms with Crippen LogP contribution in [0.25, 0.3) is 0 Å². The van der Waals surface area contributed by atoms with Crippen LogP contribution in [-0.4, -0.2) is 6.26 Å². The predicted molar refractivity (Wildman–Crippen MR) is 64.9 cm³/mol. The van der Waals surface area contributed by atoms with Gasteiger partial charge in [-0.05, 0) is 35.6 Å². The number of rotatable bonds is 2. The van der Waals surface area contributed by atoms with Gasteiger partial charge in [-0.15, -0.1) is 0 Å². The first kappa shape index (κ1) is 10.1. The fourth-order valence-corrected chi connectivity index (χ4v) is 3.35. The average Bonchev–Trinajstić information content (AvgIpc) is 2.56. The Hall–Kier alpha value is -0.430. The molecule has 0 aromatic heterocycles. The number of hydrogen-bond acceptors (Lipinski definition) is 1. The molecule has 0 saturated heterocycles. The maximum Gasteiger partial charge on any atom is 0.0303 e. The highest BCUT2D eigenvalue weighted by Gasteiger charge is 2.31. The first-order valence-electron chi connectivity index (χ1n) is 5.35. The Morgan fingerprint density at radius 3 is 2.43 bits per heavy atom. The Balaban J connectivity index is 2.38. The molecule has 76 valence electrons. The average molecular weight is 206 g/mol. The number of benzene rings is 1. The third-order valence-corrected chi connectivity index (χ3v) is 4.32. The Morgan fingerprint density at radius 1 is 1.21 bits per heavy atom. The second kappa shape index (κ2) is 3.98. The van der Waals surface area contributed by atoms with Crippen molar-refractivity contribution in [3.63, 3.8) is 0 Å². The fraction of sp³-hybridized carbons (Fsp3) is 0.538. The topological polar surface area (TPSA) is 0 Å². The summed E-state index contributed by atoms with van der Waals surface area (Å²) in [4.78, 5) is 0. The minimum absolute atomic E-state index is 0.735. The first-order valence-corrected chi connectivity index (χ1v) is 6.64. The van der Waals surface area contributed by atoms with E-state index in [1.54, 1.807) is 11.1 Å². The zero-order valence-electron chi connectivity index (χ0n) is 9.16. The van der Waals surface area contributed by atoms with Crippen molar-refractivity contribution >= 4 is 11.8 Å². The molecule has 0 heterocycles. The molecule has 0 saturated carbocycles. The summed E-state index contributed by atoms with van der Waals surface area (Å²) in [6.45, 7) is 4.67. The molecule has 0 spiro atoms. The molecule has 1 aromatic rings. The highest BCUT2D eigenvalue weighted by molar-refractivity contribution is 7.98. The van der Waals surface area contributed by atoms with Crippen LogP contribution in [0.2, 0.25) is 0 Å². The molecular weight excluding hydrogens is 188 g/mol.